The summed E-state index contributed by atoms with van der Waals surface area (Å²) in [4.78, 5) is 18.6. The van der Waals surface area contributed by atoms with Gasteiger partial charge in [0.15, 0.2) is 0 Å². The number of pyridine rings is 1. The molecule has 22 heavy (non-hydrogen) atoms. The number of carbonyl (C=O) groups excluding carboxylic acids is 1. The van der Waals surface area contributed by atoms with Crippen molar-refractivity contribution in [2.45, 2.75) is 26.5 Å². The van der Waals surface area contributed by atoms with Gasteiger partial charge in [0.1, 0.15) is 6.10 Å². The molecule has 0 aromatic carbocycles. The van der Waals surface area contributed by atoms with Gasteiger partial charge in [-0.1, -0.05) is 0 Å². The van der Waals surface area contributed by atoms with Gasteiger partial charge in [-0.15, -0.1) is 0 Å². The lowest BCUT2D eigenvalue weighted by atomic mass is 10.1. The Kier molecular flexibility index (Phi) is 4.20. The standard InChI is InChI=1S/C16H20N4O2/c1-3-20-10-14(12(2)18-20)16(21)19-8-9-22-15(11-19)13-4-6-17-7-5-13/h4-7,10,15H,3,8-9,11H2,1-2H3/t15-/m0/s1. The molecule has 6 heteroatoms. The van der Waals surface area contributed by atoms with Crippen LogP contribution in [0.4, 0.5) is 0 Å². The molecule has 0 saturated carbocycles. The fourth-order valence-corrected chi connectivity index (χ4v) is 2.67. The Morgan fingerprint density at radius 3 is 2.86 bits per heavy atom. The topological polar surface area (TPSA) is 60.2 Å². The van der Waals surface area contributed by atoms with E-state index in [2.05, 4.69) is 10.1 Å². The summed E-state index contributed by atoms with van der Waals surface area (Å²) in [6.07, 6.45) is 5.22. The van der Waals surface area contributed by atoms with Gasteiger partial charge in [0.05, 0.1) is 24.4 Å². The minimum absolute atomic E-state index is 0.0274. The van der Waals surface area contributed by atoms with Gasteiger partial charge < -0.3 is 9.64 Å². The van der Waals surface area contributed by atoms with Crippen LogP contribution in [0.25, 0.3) is 0 Å². The molecule has 2 aromatic rings. The smallest absolute Gasteiger partial charge is 0.257 e. The molecule has 2 aromatic heterocycles. The zero-order valence-electron chi connectivity index (χ0n) is 12.9. The number of hydrogen-bond donors (Lipinski definition) is 0. The van der Waals surface area contributed by atoms with E-state index in [0.717, 1.165) is 17.8 Å². The Bertz CT molecular complexity index is 653. The molecule has 3 rings (SSSR count). The van der Waals surface area contributed by atoms with Crippen molar-refractivity contribution < 1.29 is 9.53 Å². The van der Waals surface area contributed by atoms with Crippen molar-refractivity contribution in [3.63, 3.8) is 0 Å². The fraction of sp³-hybridized carbons (Fsp3) is 0.438. The molecule has 3 heterocycles. The fourth-order valence-electron chi connectivity index (χ4n) is 2.67. The van der Waals surface area contributed by atoms with Crippen LogP contribution < -0.4 is 0 Å². The molecular formula is C16H20N4O2. The van der Waals surface area contributed by atoms with Crippen LogP contribution >= 0.6 is 0 Å². The zero-order valence-corrected chi connectivity index (χ0v) is 12.9. The second-order valence-electron chi connectivity index (χ2n) is 5.38. The second kappa shape index (κ2) is 6.27. The van der Waals surface area contributed by atoms with Gasteiger partial charge in [0.2, 0.25) is 0 Å². The highest BCUT2D eigenvalue weighted by molar-refractivity contribution is 5.95. The third-order valence-electron chi connectivity index (χ3n) is 3.93. The molecule has 0 N–H and O–H groups in total. The predicted molar refractivity (Wildman–Crippen MR) is 81.5 cm³/mol. The van der Waals surface area contributed by atoms with Crippen molar-refractivity contribution in [1.82, 2.24) is 19.7 Å². The number of aryl methyl sites for hydroxylation is 2. The second-order valence-corrected chi connectivity index (χ2v) is 5.38. The SMILES string of the molecule is CCn1cc(C(=O)N2CCO[C@H](c3ccncc3)C2)c(C)n1. The van der Waals surface area contributed by atoms with Crippen LogP contribution in [0.1, 0.15) is 34.6 Å². The van der Waals surface area contributed by atoms with Crippen LogP contribution in [-0.4, -0.2) is 45.3 Å². The number of aromatic nitrogens is 3. The lowest BCUT2D eigenvalue weighted by molar-refractivity contribution is -0.0228. The van der Waals surface area contributed by atoms with E-state index in [1.807, 2.05) is 37.1 Å². The van der Waals surface area contributed by atoms with E-state index in [1.165, 1.54) is 0 Å². The number of morpholine rings is 1. The van der Waals surface area contributed by atoms with Crippen LogP contribution in [0.15, 0.2) is 30.7 Å². The summed E-state index contributed by atoms with van der Waals surface area (Å²) in [5.74, 6) is 0.0274. The van der Waals surface area contributed by atoms with Crippen LogP contribution in [0.5, 0.6) is 0 Å². The van der Waals surface area contributed by atoms with Gasteiger partial charge in [0, 0.05) is 31.7 Å². The maximum Gasteiger partial charge on any atom is 0.257 e. The summed E-state index contributed by atoms with van der Waals surface area (Å²) >= 11 is 0. The lowest BCUT2D eigenvalue weighted by Crippen LogP contribution is -2.42. The molecule has 0 spiro atoms. The average Bonchev–Trinajstić information content (AvgIpc) is 2.96. The Labute approximate surface area is 129 Å². The molecule has 1 saturated heterocycles. The van der Waals surface area contributed by atoms with Crippen LogP contribution in [-0.2, 0) is 11.3 Å². The van der Waals surface area contributed by atoms with Crippen molar-refractivity contribution in [2.75, 3.05) is 19.7 Å². The minimum Gasteiger partial charge on any atom is -0.370 e. The molecule has 116 valence electrons. The quantitative estimate of drug-likeness (QED) is 0.867. The Morgan fingerprint density at radius 1 is 1.41 bits per heavy atom. The van der Waals surface area contributed by atoms with Crippen LogP contribution in [0.2, 0.25) is 0 Å². The van der Waals surface area contributed by atoms with Crippen molar-refractivity contribution in [1.29, 1.82) is 0 Å². The summed E-state index contributed by atoms with van der Waals surface area (Å²) < 4.78 is 7.59. The highest BCUT2D eigenvalue weighted by Gasteiger charge is 2.27. The summed E-state index contributed by atoms with van der Waals surface area (Å²) in [6, 6.07) is 3.86. The van der Waals surface area contributed by atoms with Crippen LogP contribution in [0, 0.1) is 6.92 Å². The molecule has 1 fully saturated rings. The predicted octanol–water partition coefficient (Wildman–Crippen LogP) is 1.82. The van der Waals surface area contributed by atoms with E-state index in [9.17, 15) is 4.79 Å². The summed E-state index contributed by atoms with van der Waals surface area (Å²) in [6.45, 7) is 6.35. The Hall–Kier alpha value is -2.21. The largest absolute Gasteiger partial charge is 0.370 e. The van der Waals surface area contributed by atoms with Crippen molar-refractivity contribution >= 4 is 5.91 Å². The monoisotopic (exact) mass is 300 g/mol. The van der Waals surface area contributed by atoms with E-state index in [-0.39, 0.29) is 12.0 Å². The molecule has 1 aliphatic rings. The van der Waals surface area contributed by atoms with Gasteiger partial charge in [-0.25, -0.2) is 0 Å². The first-order valence-corrected chi connectivity index (χ1v) is 7.54. The Balaban J connectivity index is 1.76. The number of rotatable bonds is 3. The summed E-state index contributed by atoms with van der Waals surface area (Å²) in [5, 5.41) is 4.35. The first-order chi connectivity index (χ1) is 10.7. The van der Waals surface area contributed by atoms with Gasteiger partial charge in [-0.2, -0.15) is 5.10 Å². The molecule has 0 aliphatic carbocycles. The number of carbonyl (C=O) groups is 1. The average molecular weight is 300 g/mol. The first kappa shape index (κ1) is 14.7. The molecule has 0 unspecified atom stereocenters. The summed E-state index contributed by atoms with van der Waals surface area (Å²) in [7, 11) is 0. The van der Waals surface area contributed by atoms with Crippen LogP contribution in [0.3, 0.4) is 0 Å². The molecular weight excluding hydrogens is 280 g/mol. The van der Waals surface area contributed by atoms with Crippen molar-refractivity contribution in [2.24, 2.45) is 0 Å². The Morgan fingerprint density at radius 2 is 2.18 bits per heavy atom. The summed E-state index contributed by atoms with van der Waals surface area (Å²) in [5.41, 5.74) is 2.50. The third kappa shape index (κ3) is 2.87. The highest BCUT2D eigenvalue weighted by atomic mass is 16.5. The number of amides is 1. The maximum atomic E-state index is 12.7. The molecule has 6 nitrogen and oxygen atoms in total. The van der Waals surface area contributed by atoms with E-state index in [0.29, 0.717) is 25.3 Å². The van der Waals surface area contributed by atoms with Crippen molar-refractivity contribution in [3.05, 3.63) is 47.5 Å². The van der Waals surface area contributed by atoms with E-state index < -0.39 is 0 Å². The van der Waals surface area contributed by atoms with Gasteiger partial charge >= 0.3 is 0 Å². The normalized spacial score (nSPS) is 18.5. The van der Waals surface area contributed by atoms with Gasteiger partial charge in [-0.3, -0.25) is 14.5 Å². The molecule has 1 aliphatic heterocycles. The number of ether oxygens (including phenoxy) is 1. The van der Waals surface area contributed by atoms with E-state index in [1.54, 1.807) is 17.1 Å². The third-order valence-corrected chi connectivity index (χ3v) is 3.93. The van der Waals surface area contributed by atoms with Crippen molar-refractivity contribution in [3.8, 4) is 0 Å². The number of nitrogens with zero attached hydrogens (tertiary/aromatic N) is 4. The van der Waals surface area contributed by atoms with E-state index >= 15 is 0 Å². The maximum absolute atomic E-state index is 12.7. The minimum atomic E-state index is -0.0952. The molecule has 0 bridgehead atoms. The first-order valence-electron chi connectivity index (χ1n) is 7.54. The van der Waals surface area contributed by atoms with E-state index in [4.69, 9.17) is 4.74 Å². The number of hydrogen-bond acceptors (Lipinski definition) is 4. The molecule has 0 radical (unpaired) electrons. The van der Waals surface area contributed by atoms with Gasteiger partial charge in [-0.05, 0) is 31.5 Å². The lowest BCUT2D eigenvalue weighted by Gasteiger charge is -2.33. The highest BCUT2D eigenvalue weighted by Crippen LogP contribution is 2.23. The molecule has 1 atom stereocenters. The van der Waals surface area contributed by atoms with Gasteiger partial charge in [0.25, 0.3) is 5.91 Å². The zero-order chi connectivity index (χ0) is 15.5. The molecule has 1 amide bonds.